The first-order chi connectivity index (χ1) is 8.99. The lowest BCUT2D eigenvalue weighted by molar-refractivity contribution is 0.0918. The molecule has 0 saturated heterocycles. The fourth-order valence-corrected chi connectivity index (χ4v) is 4.37. The Labute approximate surface area is 134 Å². The van der Waals surface area contributed by atoms with Crippen LogP contribution < -0.4 is 4.74 Å². The lowest BCUT2D eigenvalue weighted by Gasteiger charge is -2.06. The average molecular weight is 429 g/mol. The smallest absolute Gasteiger partial charge is 0.202 e. The van der Waals surface area contributed by atoms with E-state index in [1.807, 2.05) is 0 Å². The summed E-state index contributed by atoms with van der Waals surface area (Å²) >= 11 is 13.6. The quantitative estimate of drug-likeness (QED) is 0.616. The number of rotatable bonds is 4. The van der Waals surface area contributed by atoms with Crippen molar-refractivity contribution in [2.75, 3.05) is 6.61 Å². The highest BCUT2D eigenvalue weighted by Crippen LogP contribution is 2.32. The van der Waals surface area contributed by atoms with Gasteiger partial charge < -0.3 is 4.74 Å². The Kier molecular flexibility index (Phi) is 5.00. The van der Waals surface area contributed by atoms with Crippen molar-refractivity contribution in [3.63, 3.8) is 0 Å². The standard InChI is InChI=1S/C12H6Br2ClFO2S/c13-10-4-6(12(14)19-10)8(17)5-18-9-3-1-2-7(15)11(9)16/h1-4H,5H2. The molecule has 2 aromatic rings. The number of ether oxygens (including phenoxy) is 1. The summed E-state index contributed by atoms with van der Waals surface area (Å²) in [5.74, 6) is -0.943. The van der Waals surface area contributed by atoms with Crippen LogP contribution in [0, 0.1) is 5.82 Å². The van der Waals surface area contributed by atoms with Crippen LogP contribution in [0.25, 0.3) is 0 Å². The molecule has 0 aliphatic rings. The van der Waals surface area contributed by atoms with E-state index in [1.165, 1.54) is 23.5 Å². The Morgan fingerprint density at radius 1 is 1.42 bits per heavy atom. The Hall–Kier alpha value is -0.430. The summed E-state index contributed by atoms with van der Waals surface area (Å²) in [5, 5.41) is -0.0376. The van der Waals surface area contributed by atoms with E-state index in [-0.39, 0.29) is 23.2 Å². The van der Waals surface area contributed by atoms with Crippen LogP contribution in [0.5, 0.6) is 5.75 Å². The van der Waals surface area contributed by atoms with Crippen molar-refractivity contribution in [2.24, 2.45) is 0 Å². The summed E-state index contributed by atoms with van der Waals surface area (Å²) < 4.78 is 20.3. The van der Waals surface area contributed by atoms with Crippen LogP contribution in [0.1, 0.15) is 10.4 Å². The van der Waals surface area contributed by atoms with Crippen LogP contribution >= 0.6 is 54.8 Å². The highest BCUT2D eigenvalue weighted by molar-refractivity contribution is 9.12. The number of ketones is 1. The Balaban J connectivity index is 2.09. The van der Waals surface area contributed by atoms with Crippen LogP contribution in [-0.2, 0) is 0 Å². The molecule has 19 heavy (non-hydrogen) atoms. The van der Waals surface area contributed by atoms with Gasteiger partial charge in [0.15, 0.2) is 18.2 Å². The van der Waals surface area contributed by atoms with Crippen LogP contribution in [0.15, 0.2) is 31.8 Å². The summed E-state index contributed by atoms with van der Waals surface area (Å²) in [7, 11) is 0. The number of hydrogen-bond acceptors (Lipinski definition) is 3. The molecule has 0 fully saturated rings. The second-order valence-electron chi connectivity index (χ2n) is 3.50. The van der Waals surface area contributed by atoms with Crippen molar-refractivity contribution in [1.29, 1.82) is 0 Å². The number of halogens is 4. The molecule has 0 unspecified atom stereocenters. The molecule has 1 aromatic heterocycles. The summed E-state index contributed by atoms with van der Waals surface area (Å²) in [4.78, 5) is 11.9. The van der Waals surface area contributed by atoms with Crippen molar-refractivity contribution < 1.29 is 13.9 Å². The molecule has 0 N–H and O–H groups in total. The topological polar surface area (TPSA) is 26.3 Å². The molecule has 1 heterocycles. The average Bonchev–Trinajstić information content (AvgIpc) is 2.70. The number of hydrogen-bond donors (Lipinski definition) is 0. The van der Waals surface area contributed by atoms with E-state index in [1.54, 1.807) is 12.1 Å². The van der Waals surface area contributed by atoms with Gasteiger partial charge in [-0.25, -0.2) is 4.39 Å². The fraction of sp³-hybridized carbons (Fsp3) is 0.0833. The molecule has 1 aromatic carbocycles. The third kappa shape index (κ3) is 3.56. The van der Waals surface area contributed by atoms with Gasteiger partial charge in [0.2, 0.25) is 5.78 Å². The van der Waals surface area contributed by atoms with Gasteiger partial charge in [-0.1, -0.05) is 17.7 Å². The van der Waals surface area contributed by atoms with E-state index in [4.69, 9.17) is 16.3 Å². The van der Waals surface area contributed by atoms with Gasteiger partial charge in [-0.2, -0.15) is 0 Å². The van der Waals surface area contributed by atoms with Crippen molar-refractivity contribution >= 4 is 60.6 Å². The lowest BCUT2D eigenvalue weighted by Crippen LogP contribution is -2.12. The summed E-state index contributed by atoms with van der Waals surface area (Å²) in [6.45, 7) is -0.251. The Morgan fingerprint density at radius 2 is 2.16 bits per heavy atom. The van der Waals surface area contributed by atoms with Gasteiger partial charge in [-0.3, -0.25) is 4.79 Å². The van der Waals surface area contributed by atoms with Crippen molar-refractivity contribution in [3.8, 4) is 5.75 Å². The molecule has 0 aliphatic heterocycles. The number of benzene rings is 1. The number of carbonyl (C=O) groups is 1. The highest BCUT2D eigenvalue weighted by atomic mass is 79.9. The normalized spacial score (nSPS) is 10.5. The predicted octanol–water partition coefficient (Wildman–Crippen LogP) is 5.33. The van der Waals surface area contributed by atoms with Gasteiger partial charge in [0.05, 0.1) is 12.6 Å². The zero-order valence-corrected chi connectivity index (χ0v) is 14.0. The number of thiophene rings is 1. The lowest BCUT2D eigenvalue weighted by atomic mass is 10.2. The highest BCUT2D eigenvalue weighted by Gasteiger charge is 2.15. The second kappa shape index (κ2) is 6.35. The first-order valence-corrected chi connectivity index (χ1v) is 7.82. The number of Topliss-reactive ketones (excluding diaryl/α,β-unsaturated/α-hetero) is 1. The van der Waals surface area contributed by atoms with Crippen LogP contribution in [0.4, 0.5) is 4.39 Å². The first kappa shape index (κ1) is 15.0. The van der Waals surface area contributed by atoms with Crippen molar-refractivity contribution in [1.82, 2.24) is 0 Å². The molecule has 0 bridgehead atoms. The molecule has 2 rings (SSSR count). The molecule has 7 heteroatoms. The Bertz CT molecular complexity index is 630. The predicted molar refractivity (Wildman–Crippen MR) is 81.0 cm³/mol. The van der Waals surface area contributed by atoms with Crippen LogP contribution in [0.3, 0.4) is 0 Å². The minimum atomic E-state index is -0.664. The van der Waals surface area contributed by atoms with Gasteiger partial charge >= 0.3 is 0 Å². The van der Waals surface area contributed by atoms with Gasteiger partial charge in [0.1, 0.15) is 0 Å². The van der Waals surface area contributed by atoms with E-state index >= 15 is 0 Å². The van der Waals surface area contributed by atoms with Crippen molar-refractivity contribution in [2.45, 2.75) is 0 Å². The maximum Gasteiger partial charge on any atom is 0.202 e. The molecule has 0 atom stereocenters. The van der Waals surface area contributed by atoms with Crippen LogP contribution in [-0.4, -0.2) is 12.4 Å². The van der Waals surface area contributed by atoms with Gasteiger partial charge in [-0.05, 0) is 50.1 Å². The van der Waals surface area contributed by atoms with Gasteiger partial charge in [-0.15, -0.1) is 11.3 Å². The number of carbonyl (C=O) groups excluding carboxylic acids is 1. The molecule has 0 saturated carbocycles. The summed E-state index contributed by atoms with van der Waals surface area (Å²) in [6.07, 6.45) is 0. The van der Waals surface area contributed by atoms with E-state index in [0.29, 0.717) is 9.35 Å². The molecule has 2 nitrogen and oxygen atoms in total. The zero-order valence-electron chi connectivity index (χ0n) is 9.25. The van der Waals surface area contributed by atoms with E-state index < -0.39 is 5.82 Å². The third-order valence-corrected chi connectivity index (χ3v) is 4.86. The molecule has 0 spiro atoms. The van der Waals surface area contributed by atoms with Gasteiger partial charge in [0.25, 0.3) is 0 Å². The fourth-order valence-electron chi connectivity index (χ4n) is 1.35. The molecule has 0 aliphatic carbocycles. The van der Waals surface area contributed by atoms with E-state index in [9.17, 15) is 9.18 Å². The van der Waals surface area contributed by atoms with Crippen molar-refractivity contribution in [3.05, 3.63) is 48.2 Å². The molecular weight excluding hydrogens is 422 g/mol. The minimum absolute atomic E-state index is 0.0359. The third-order valence-electron chi connectivity index (χ3n) is 2.23. The Morgan fingerprint density at radius 3 is 2.79 bits per heavy atom. The van der Waals surface area contributed by atoms with Crippen LogP contribution in [0.2, 0.25) is 5.02 Å². The molecule has 0 radical (unpaired) electrons. The largest absolute Gasteiger partial charge is 0.482 e. The monoisotopic (exact) mass is 426 g/mol. The SMILES string of the molecule is O=C(COc1cccc(Cl)c1F)c1cc(Br)sc1Br. The molecule has 100 valence electrons. The van der Waals surface area contributed by atoms with E-state index in [0.717, 1.165) is 3.79 Å². The first-order valence-electron chi connectivity index (χ1n) is 5.04. The maximum absolute atomic E-state index is 13.6. The van der Waals surface area contributed by atoms with Gasteiger partial charge in [0, 0.05) is 5.56 Å². The maximum atomic E-state index is 13.6. The second-order valence-corrected chi connectivity index (χ2v) is 7.66. The summed E-state index contributed by atoms with van der Waals surface area (Å²) in [6, 6.07) is 6.09. The molecule has 0 amide bonds. The zero-order chi connectivity index (χ0) is 14.0. The van der Waals surface area contributed by atoms with E-state index in [2.05, 4.69) is 31.9 Å². The summed E-state index contributed by atoms with van der Waals surface area (Å²) in [5.41, 5.74) is 0.499. The molecular formula is C12H6Br2ClFO2S. The minimum Gasteiger partial charge on any atom is -0.482 e.